The minimum atomic E-state index is -1.15. The van der Waals surface area contributed by atoms with E-state index in [0.29, 0.717) is 0 Å². The number of hydrogen-bond donors (Lipinski definition) is 4. The van der Waals surface area contributed by atoms with Gasteiger partial charge in [0, 0.05) is 12.5 Å². The van der Waals surface area contributed by atoms with Crippen LogP contribution in [0, 0.1) is 0 Å². The molecule has 0 aromatic carbocycles. The van der Waals surface area contributed by atoms with E-state index in [1.165, 1.54) is 0 Å². The molecule has 2 atom stereocenters. The summed E-state index contributed by atoms with van der Waals surface area (Å²) in [6, 6.07) is -1.45. The number of carboxylic acids is 2. The SMILES string of the molecule is CC(CCC(=O)O)NC(=O)[C@@H](N)CC(=O)O. The van der Waals surface area contributed by atoms with Crippen molar-refractivity contribution in [3.05, 3.63) is 0 Å². The van der Waals surface area contributed by atoms with Crippen molar-refractivity contribution in [2.75, 3.05) is 0 Å². The van der Waals surface area contributed by atoms with Gasteiger partial charge in [-0.3, -0.25) is 14.4 Å². The summed E-state index contributed by atoms with van der Waals surface area (Å²) in [7, 11) is 0. The van der Waals surface area contributed by atoms with Gasteiger partial charge in [0.1, 0.15) is 0 Å². The van der Waals surface area contributed by atoms with E-state index in [1.807, 2.05) is 0 Å². The van der Waals surface area contributed by atoms with Crippen LogP contribution in [0.5, 0.6) is 0 Å². The summed E-state index contributed by atoms with van der Waals surface area (Å²) in [6.45, 7) is 1.63. The molecule has 0 radical (unpaired) electrons. The first kappa shape index (κ1) is 14.4. The molecule has 0 aliphatic carbocycles. The molecule has 7 nitrogen and oxygen atoms in total. The van der Waals surface area contributed by atoms with E-state index in [4.69, 9.17) is 15.9 Å². The number of rotatable bonds is 7. The molecule has 0 aromatic rings. The van der Waals surface area contributed by atoms with Crippen molar-refractivity contribution in [2.45, 2.75) is 38.3 Å². The smallest absolute Gasteiger partial charge is 0.305 e. The van der Waals surface area contributed by atoms with Crippen LogP contribution in [0.25, 0.3) is 0 Å². The molecule has 1 amide bonds. The van der Waals surface area contributed by atoms with Gasteiger partial charge in [0.05, 0.1) is 12.5 Å². The van der Waals surface area contributed by atoms with Crippen molar-refractivity contribution in [1.29, 1.82) is 0 Å². The molecule has 0 rings (SSSR count). The van der Waals surface area contributed by atoms with Gasteiger partial charge in [-0.2, -0.15) is 0 Å². The molecular weight excluding hydrogens is 216 g/mol. The first-order valence-electron chi connectivity index (χ1n) is 4.82. The number of carbonyl (C=O) groups is 3. The molecule has 0 saturated heterocycles. The lowest BCUT2D eigenvalue weighted by atomic mass is 10.1. The summed E-state index contributed by atoms with van der Waals surface area (Å²) in [5, 5.41) is 19.3. The van der Waals surface area contributed by atoms with Crippen LogP contribution in [0.15, 0.2) is 0 Å². The maximum Gasteiger partial charge on any atom is 0.305 e. The Morgan fingerprint density at radius 2 is 1.81 bits per heavy atom. The number of carboxylic acid groups (broad SMARTS) is 2. The zero-order valence-corrected chi connectivity index (χ0v) is 8.97. The zero-order chi connectivity index (χ0) is 12.7. The second-order valence-corrected chi connectivity index (χ2v) is 3.55. The molecule has 0 aliphatic heterocycles. The lowest BCUT2D eigenvalue weighted by Gasteiger charge is -2.15. The normalized spacial score (nSPS) is 13.9. The highest BCUT2D eigenvalue weighted by atomic mass is 16.4. The van der Waals surface area contributed by atoms with Gasteiger partial charge in [0.2, 0.25) is 5.91 Å². The molecular formula is C9H16N2O5. The van der Waals surface area contributed by atoms with Gasteiger partial charge in [-0.1, -0.05) is 0 Å². The van der Waals surface area contributed by atoms with E-state index >= 15 is 0 Å². The number of amides is 1. The van der Waals surface area contributed by atoms with E-state index < -0.39 is 30.3 Å². The number of nitrogens with one attached hydrogen (secondary N) is 1. The predicted molar refractivity (Wildman–Crippen MR) is 54.7 cm³/mol. The van der Waals surface area contributed by atoms with Gasteiger partial charge < -0.3 is 21.3 Å². The Bertz CT molecular complexity index is 279. The summed E-state index contributed by atoms with van der Waals surface area (Å²) >= 11 is 0. The van der Waals surface area contributed by atoms with Crippen molar-refractivity contribution in [3.8, 4) is 0 Å². The monoisotopic (exact) mass is 232 g/mol. The van der Waals surface area contributed by atoms with E-state index in [-0.39, 0.29) is 18.9 Å². The lowest BCUT2D eigenvalue weighted by Crippen LogP contribution is -2.45. The summed E-state index contributed by atoms with van der Waals surface area (Å²) in [4.78, 5) is 31.8. The Hall–Kier alpha value is -1.63. The minimum absolute atomic E-state index is 0.0599. The standard InChI is InChI=1S/C9H16N2O5/c1-5(2-3-7(12)13)11-9(16)6(10)4-8(14)15/h5-6H,2-4,10H2,1H3,(H,11,16)(H,12,13)(H,14,15)/t5?,6-/m0/s1. The largest absolute Gasteiger partial charge is 0.481 e. The van der Waals surface area contributed by atoms with Crippen LogP contribution in [-0.2, 0) is 14.4 Å². The molecule has 0 aliphatic rings. The third-order valence-electron chi connectivity index (χ3n) is 1.91. The van der Waals surface area contributed by atoms with Crippen molar-refractivity contribution >= 4 is 17.8 Å². The minimum Gasteiger partial charge on any atom is -0.481 e. The second-order valence-electron chi connectivity index (χ2n) is 3.55. The molecule has 16 heavy (non-hydrogen) atoms. The fourth-order valence-corrected chi connectivity index (χ4v) is 1.04. The van der Waals surface area contributed by atoms with Crippen LogP contribution in [0.3, 0.4) is 0 Å². The average molecular weight is 232 g/mol. The number of carbonyl (C=O) groups excluding carboxylic acids is 1. The van der Waals surface area contributed by atoms with Gasteiger partial charge in [-0.15, -0.1) is 0 Å². The molecule has 92 valence electrons. The first-order chi connectivity index (χ1) is 7.32. The van der Waals surface area contributed by atoms with Crippen LogP contribution in [0.1, 0.15) is 26.2 Å². The first-order valence-corrected chi connectivity index (χ1v) is 4.82. The van der Waals surface area contributed by atoms with Crippen molar-refractivity contribution in [3.63, 3.8) is 0 Å². The van der Waals surface area contributed by atoms with E-state index in [0.717, 1.165) is 0 Å². The molecule has 0 spiro atoms. The van der Waals surface area contributed by atoms with Gasteiger partial charge in [0.25, 0.3) is 0 Å². The molecule has 0 saturated carbocycles. The maximum atomic E-state index is 11.3. The van der Waals surface area contributed by atoms with Crippen LogP contribution >= 0.6 is 0 Å². The average Bonchev–Trinajstić information content (AvgIpc) is 2.13. The molecule has 0 fully saturated rings. The summed E-state index contributed by atoms with van der Waals surface area (Å²) in [6.07, 6.45) is -0.228. The summed E-state index contributed by atoms with van der Waals surface area (Å²) < 4.78 is 0. The topological polar surface area (TPSA) is 130 Å². The second kappa shape index (κ2) is 6.78. The lowest BCUT2D eigenvalue weighted by molar-refractivity contribution is -0.139. The maximum absolute atomic E-state index is 11.3. The van der Waals surface area contributed by atoms with Crippen LogP contribution in [0.4, 0.5) is 0 Å². The van der Waals surface area contributed by atoms with Gasteiger partial charge in [-0.05, 0) is 13.3 Å². The number of aliphatic carboxylic acids is 2. The predicted octanol–water partition coefficient (Wildman–Crippen LogP) is -0.842. The molecule has 5 N–H and O–H groups in total. The third kappa shape index (κ3) is 6.77. The highest BCUT2D eigenvalue weighted by Gasteiger charge is 2.18. The van der Waals surface area contributed by atoms with Crippen molar-refractivity contribution in [2.24, 2.45) is 5.73 Å². The Balaban J connectivity index is 3.93. The Labute approximate surface area is 92.6 Å². The van der Waals surface area contributed by atoms with E-state index in [1.54, 1.807) is 6.92 Å². The Kier molecular flexibility index (Phi) is 6.09. The highest BCUT2D eigenvalue weighted by Crippen LogP contribution is 1.97. The van der Waals surface area contributed by atoms with Gasteiger partial charge in [-0.25, -0.2) is 0 Å². The van der Waals surface area contributed by atoms with E-state index in [9.17, 15) is 14.4 Å². The molecule has 0 heterocycles. The molecule has 7 heteroatoms. The summed E-state index contributed by atoms with van der Waals surface area (Å²) in [5.74, 6) is -2.68. The third-order valence-corrected chi connectivity index (χ3v) is 1.91. The zero-order valence-electron chi connectivity index (χ0n) is 8.97. The molecule has 0 bridgehead atoms. The highest BCUT2D eigenvalue weighted by molar-refractivity contribution is 5.86. The fourth-order valence-electron chi connectivity index (χ4n) is 1.04. The van der Waals surface area contributed by atoms with Gasteiger partial charge in [0.15, 0.2) is 0 Å². The Morgan fingerprint density at radius 1 is 1.25 bits per heavy atom. The quantitative estimate of drug-likeness (QED) is 0.452. The van der Waals surface area contributed by atoms with Crippen LogP contribution in [0.2, 0.25) is 0 Å². The summed E-state index contributed by atoms with van der Waals surface area (Å²) in [5.41, 5.74) is 5.31. The van der Waals surface area contributed by atoms with Crippen molar-refractivity contribution in [1.82, 2.24) is 5.32 Å². The molecule has 0 aromatic heterocycles. The van der Waals surface area contributed by atoms with Crippen LogP contribution in [-0.4, -0.2) is 40.1 Å². The van der Waals surface area contributed by atoms with Crippen molar-refractivity contribution < 1.29 is 24.6 Å². The fraction of sp³-hybridized carbons (Fsp3) is 0.667. The van der Waals surface area contributed by atoms with Gasteiger partial charge >= 0.3 is 11.9 Å². The van der Waals surface area contributed by atoms with E-state index in [2.05, 4.69) is 5.32 Å². The Morgan fingerprint density at radius 3 is 2.25 bits per heavy atom. The number of hydrogen-bond acceptors (Lipinski definition) is 4. The molecule has 1 unspecified atom stereocenters. The van der Waals surface area contributed by atoms with Crippen LogP contribution < -0.4 is 11.1 Å². The number of nitrogens with two attached hydrogens (primary N) is 1.